The fourth-order valence-corrected chi connectivity index (χ4v) is 3.40. The number of hydrogen-bond acceptors (Lipinski definition) is 9. The molecule has 34 heavy (non-hydrogen) atoms. The summed E-state index contributed by atoms with van der Waals surface area (Å²) in [7, 11) is 4.71. The van der Waals surface area contributed by atoms with E-state index in [2.05, 4.69) is 11.8 Å². The van der Waals surface area contributed by atoms with E-state index in [9.17, 15) is 5.11 Å². The molecule has 1 heterocycles. The first-order chi connectivity index (χ1) is 16.3. The standard InChI is InChI=1S/C25H38O9/c1-18(31-16-27-4)23-24(34-25(2,3)33-23)22(26)12-11-21(32-17-28-5)13-14-30-15-19-7-9-20(29-6)10-8-19/h7-10,18,21-24,26H,13-17H2,1-6H3/t18-,21-,22?,23-,24-/m0/s1. The number of aliphatic hydroxyl groups excluding tert-OH is 1. The van der Waals surface area contributed by atoms with Gasteiger partial charge in [0.15, 0.2) is 5.79 Å². The molecular weight excluding hydrogens is 444 g/mol. The average molecular weight is 483 g/mol. The van der Waals surface area contributed by atoms with Crippen LogP contribution in [0, 0.1) is 11.8 Å². The van der Waals surface area contributed by atoms with E-state index < -0.39 is 30.2 Å². The number of methoxy groups -OCH3 is 3. The van der Waals surface area contributed by atoms with E-state index in [1.54, 1.807) is 28.1 Å². The lowest BCUT2D eigenvalue weighted by atomic mass is 10.0. The zero-order valence-corrected chi connectivity index (χ0v) is 20.9. The van der Waals surface area contributed by atoms with Gasteiger partial charge in [0.1, 0.15) is 43.8 Å². The van der Waals surface area contributed by atoms with Gasteiger partial charge in [0.25, 0.3) is 0 Å². The van der Waals surface area contributed by atoms with Gasteiger partial charge in [0.05, 0.1) is 26.4 Å². The molecule has 1 aliphatic heterocycles. The molecule has 2 rings (SSSR count). The van der Waals surface area contributed by atoms with Crippen LogP contribution in [-0.2, 0) is 39.8 Å². The second kappa shape index (κ2) is 14.6. The van der Waals surface area contributed by atoms with Gasteiger partial charge in [-0.1, -0.05) is 24.0 Å². The van der Waals surface area contributed by atoms with Crippen LogP contribution in [0.15, 0.2) is 24.3 Å². The largest absolute Gasteiger partial charge is 0.497 e. The summed E-state index contributed by atoms with van der Waals surface area (Å²) in [5.74, 6) is 5.75. The molecule has 0 aliphatic carbocycles. The van der Waals surface area contributed by atoms with Gasteiger partial charge in [-0.2, -0.15) is 0 Å². The predicted octanol–water partition coefficient (Wildman–Crippen LogP) is 2.48. The maximum Gasteiger partial charge on any atom is 0.164 e. The van der Waals surface area contributed by atoms with Crippen LogP contribution in [0.3, 0.4) is 0 Å². The van der Waals surface area contributed by atoms with Gasteiger partial charge < -0.3 is 43.0 Å². The zero-order valence-electron chi connectivity index (χ0n) is 20.9. The molecule has 1 aromatic carbocycles. The van der Waals surface area contributed by atoms with Gasteiger partial charge in [-0.05, 0) is 38.5 Å². The van der Waals surface area contributed by atoms with E-state index >= 15 is 0 Å². The molecule has 192 valence electrons. The Hall–Kier alpha value is -1.74. The van der Waals surface area contributed by atoms with E-state index in [0.717, 1.165) is 11.3 Å². The van der Waals surface area contributed by atoms with E-state index in [0.29, 0.717) is 19.6 Å². The Bertz CT molecular complexity index is 756. The fourth-order valence-electron chi connectivity index (χ4n) is 3.40. The Labute approximate surface area is 202 Å². The van der Waals surface area contributed by atoms with Crippen LogP contribution in [0.25, 0.3) is 0 Å². The summed E-state index contributed by atoms with van der Waals surface area (Å²) in [6.07, 6.45) is -2.65. The molecule has 0 amide bonds. The van der Waals surface area contributed by atoms with Crippen LogP contribution in [0.5, 0.6) is 5.75 Å². The van der Waals surface area contributed by atoms with Crippen molar-refractivity contribution < 1.29 is 43.0 Å². The molecule has 0 saturated carbocycles. The number of benzene rings is 1. The molecule has 1 saturated heterocycles. The number of aliphatic hydroxyl groups is 1. The van der Waals surface area contributed by atoms with Crippen molar-refractivity contribution in [2.24, 2.45) is 0 Å². The third kappa shape index (κ3) is 9.49. The Morgan fingerprint density at radius 2 is 1.62 bits per heavy atom. The van der Waals surface area contributed by atoms with Gasteiger partial charge in [0, 0.05) is 20.6 Å². The van der Waals surface area contributed by atoms with Crippen molar-refractivity contribution in [1.29, 1.82) is 0 Å². The van der Waals surface area contributed by atoms with Crippen molar-refractivity contribution in [2.45, 2.75) is 70.1 Å². The summed E-state index contributed by atoms with van der Waals surface area (Å²) in [6.45, 7) is 6.48. The molecule has 9 nitrogen and oxygen atoms in total. The lowest BCUT2D eigenvalue weighted by Crippen LogP contribution is -2.42. The second-order valence-electron chi connectivity index (χ2n) is 8.33. The highest BCUT2D eigenvalue weighted by Crippen LogP contribution is 2.32. The Balaban J connectivity index is 1.93. The first-order valence-corrected chi connectivity index (χ1v) is 11.3. The predicted molar refractivity (Wildman–Crippen MR) is 124 cm³/mol. The summed E-state index contributed by atoms with van der Waals surface area (Å²) in [4.78, 5) is 0. The van der Waals surface area contributed by atoms with Crippen molar-refractivity contribution in [3.8, 4) is 17.6 Å². The molecule has 1 N–H and O–H groups in total. The van der Waals surface area contributed by atoms with Crippen LogP contribution in [0.2, 0.25) is 0 Å². The molecular formula is C25H38O9. The Kier molecular flexibility index (Phi) is 12.2. The van der Waals surface area contributed by atoms with E-state index in [1.165, 1.54) is 7.11 Å². The highest BCUT2D eigenvalue weighted by Gasteiger charge is 2.47. The third-order valence-electron chi connectivity index (χ3n) is 5.12. The van der Waals surface area contributed by atoms with Gasteiger partial charge in [-0.15, -0.1) is 0 Å². The van der Waals surface area contributed by atoms with Crippen LogP contribution in [-0.4, -0.2) is 82.9 Å². The fraction of sp³-hybridized carbons (Fsp3) is 0.680. The van der Waals surface area contributed by atoms with Gasteiger partial charge in [-0.25, -0.2) is 0 Å². The van der Waals surface area contributed by atoms with Crippen molar-refractivity contribution in [1.82, 2.24) is 0 Å². The molecule has 1 fully saturated rings. The topological polar surface area (TPSA) is 94.1 Å². The van der Waals surface area contributed by atoms with Crippen LogP contribution < -0.4 is 4.74 Å². The smallest absolute Gasteiger partial charge is 0.164 e. The average Bonchev–Trinajstić information content (AvgIpc) is 3.17. The first kappa shape index (κ1) is 28.5. The summed E-state index contributed by atoms with van der Waals surface area (Å²) < 4.78 is 44.0. The number of hydrogen-bond donors (Lipinski definition) is 1. The number of ether oxygens (including phenoxy) is 8. The zero-order chi connectivity index (χ0) is 25.0. The summed E-state index contributed by atoms with van der Waals surface area (Å²) >= 11 is 0. The van der Waals surface area contributed by atoms with Crippen molar-refractivity contribution in [3.05, 3.63) is 29.8 Å². The minimum atomic E-state index is -1.10. The lowest BCUT2D eigenvalue weighted by molar-refractivity contribution is -0.168. The van der Waals surface area contributed by atoms with Crippen LogP contribution >= 0.6 is 0 Å². The van der Waals surface area contributed by atoms with Crippen LogP contribution in [0.1, 0.15) is 32.8 Å². The molecule has 0 aromatic heterocycles. The molecule has 0 spiro atoms. The molecule has 0 radical (unpaired) electrons. The first-order valence-electron chi connectivity index (χ1n) is 11.3. The maximum absolute atomic E-state index is 10.8. The van der Waals surface area contributed by atoms with E-state index in [1.807, 2.05) is 31.2 Å². The van der Waals surface area contributed by atoms with Gasteiger partial charge in [0.2, 0.25) is 0 Å². The number of rotatable bonds is 14. The molecule has 0 bridgehead atoms. The molecule has 5 atom stereocenters. The molecule has 9 heteroatoms. The third-order valence-corrected chi connectivity index (χ3v) is 5.12. The Morgan fingerprint density at radius 1 is 0.971 bits per heavy atom. The van der Waals surface area contributed by atoms with E-state index in [4.69, 9.17) is 37.9 Å². The minimum Gasteiger partial charge on any atom is -0.497 e. The van der Waals surface area contributed by atoms with Crippen LogP contribution in [0.4, 0.5) is 0 Å². The minimum absolute atomic E-state index is 0.0779. The SMILES string of the molecule is COCO[C@@H](C)[C@@H]1OC(C)(C)O[C@H]1C(O)C#C[C@@H](CCOCc1ccc(OC)cc1)OCOC. The van der Waals surface area contributed by atoms with Crippen molar-refractivity contribution in [3.63, 3.8) is 0 Å². The summed E-state index contributed by atoms with van der Waals surface area (Å²) in [5, 5.41) is 10.8. The monoisotopic (exact) mass is 482 g/mol. The molecule has 1 unspecified atom stereocenters. The maximum atomic E-state index is 10.8. The quantitative estimate of drug-likeness (QED) is 0.244. The van der Waals surface area contributed by atoms with Crippen molar-refractivity contribution in [2.75, 3.05) is 41.5 Å². The summed E-state index contributed by atoms with van der Waals surface area (Å²) in [5.41, 5.74) is 1.04. The highest BCUT2D eigenvalue weighted by atomic mass is 16.8. The highest BCUT2D eigenvalue weighted by molar-refractivity contribution is 5.26. The van der Waals surface area contributed by atoms with Gasteiger partial charge >= 0.3 is 0 Å². The summed E-state index contributed by atoms with van der Waals surface area (Å²) in [6, 6.07) is 7.68. The Morgan fingerprint density at radius 3 is 2.26 bits per heavy atom. The molecule has 1 aromatic rings. The molecule has 1 aliphatic rings. The second-order valence-corrected chi connectivity index (χ2v) is 8.33. The van der Waals surface area contributed by atoms with E-state index in [-0.39, 0.29) is 19.7 Å². The lowest BCUT2D eigenvalue weighted by Gasteiger charge is -2.24. The normalized spacial score (nSPS) is 22.0. The van der Waals surface area contributed by atoms with Crippen molar-refractivity contribution >= 4 is 0 Å². The van der Waals surface area contributed by atoms with Gasteiger partial charge in [-0.3, -0.25) is 0 Å².